The normalized spacial score (nSPS) is 35.3. The number of piperidine rings is 1. The number of alkyl halides is 2. The van der Waals surface area contributed by atoms with Gasteiger partial charge in [-0.1, -0.05) is 52.0 Å². The third-order valence-corrected chi connectivity index (χ3v) is 8.88. The highest BCUT2D eigenvalue weighted by Crippen LogP contribution is 2.42. The van der Waals surface area contributed by atoms with E-state index in [9.17, 15) is 23.1 Å². The highest BCUT2D eigenvalue weighted by molar-refractivity contribution is 6.04. The van der Waals surface area contributed by atoms with E-state index in [-0.39, 0.29) is 19.0 Å². The number of hydrogen-bond donors (Lipinski definition) is 2. The van der Waals surface area contributed by atoms with Crippen LogP contribution < -0.4 is 5.32 Å². The molecule has 216 valence electrons. The third-order valence-electron chi connectivity index (χ3n) is 8.88. The minimum Gasteiger partial charge on any atom is -0.382 e. The monoisotopic (exact) mass is 555 g/mol. The van der Waals surface area contributed by atoms with Crippen LogP contribution in [0.5, 0.6) is 0 Å². The zero-order chi connectivity index (χ0) is 28.8. The van der Waals surface area contributed by atoms with E-state index in [4.69, 9.17) is 4.99 Å². The molecule has 2 N–H and O–H groups in total. The van der Waals surface area contributed by atoms with Crippen molar-refractivity contribution >= 4 is 11.6 Å². The Hall–Kier alpha value is -2.71. The second-order valence-electron chi connectivity index (χ2n) is 12.8. The lowest BCUT2D eigenvalue weighted by atomic mass is 9.75. The summed E-state index contributed by atoms with van der Waals surface area (Å²) in [4.78, 5) is 20.4. The number of allylic oxidation sites excluding steroid dienone is 11. The standard InChI is InChI=1S/C32H40F3N3O2/c1-18-7-5-6-8-19(18)13-20-9-12-26(21-14-22(33)10-11-23(34)15-21)37-27(20)30(32(2,3)4)38-17-24-25(35)16-36-28(24)29(39)31(38)40/h5-8,10-11,14-15,18-19,22,24-25,28-30,36,39H,9,12-13,16-17H2,1-4H3. The highest BCUT2D eigenvalue weighted by atomic mass is 19.1. The summed E-state index contributed by atoms with van der Waals surface area (Å²) in [5.74, 6) is -0.969. The first kappa shape index (κ1) is 28.8. The predicted molar refractivity (Wildman–Crippen MR) is 152 cm³/mol. The molecule has 0 aromatic carbocycles. The van der Waals surface area contributed by atoms with E-state index in [1.807, 2.05) is 32.9 Å². The molecule has 0 radical (unpaired) electrons. The molecule has 5 nitrogen and oxygen atoms in total. The Bertz CT molecular complexity index is 1240. The van der Waals surface area contributed by atoms with E-state index < -0.39 is 53.6 Å². The lowest BCUT2D eigenvalue weighted by Crippen LogP contribution is -2.63. The van der Waals surface area contributed by atoms with Gasteiger partial charge in [0.1, 0.15) is 24.3 Å². The van der Waals surface area contributed by atoms with Gasteiger partial charge in [-0.05, 0) is 72.0 Å². The van der Waals surface area contributed by atoms with Gasteiger partial charge in [0.2, 0.25) is 0 Å². The van der Waals surface area contributed by atoms with Crippen LogP contribution in [-0.4, -0.2) is 65.2 Å². The number of hydrogen-bond acceptors (Lipinski definition) is 4. The molecule has 0 spiro atoms. The molecule has 5 rings (SSSR count). The van der Waals surface area contributed by atoms with E-state index in [0.29, 0.717) is 35.7 Å². The SMILES string of the molecule is CC1C=CC=CC1CC1=C(C(N2CC3C(F)CNC3C(O)C2=O)C(C)(C)C)N=C(C2=CC(F)C=CC(F)=C2)CC1. The quantitative estimate of drug-likeness (QED) is 0.473. The summed E-state index contributed by atoms with van der Waals surface area (Å²) >= 11 is 0. The molecule has 8 atom stereocenters. The summed E-state index contributed by atoms with van der Waals surface area (Å²) < 4.78 is 43.8. The van der Waals surface area contributed by atoms with Crippen molar-refractivity contribution in [1.82, 2.24) is 10.2 Å². The number of aliphatic imine (C=N–C) groups is 1. The fourth-order valence-corrected chi connectivity index (χ4v) is 6.73. The van der Waals surface area contributed by atoms with Gasteiger partial charge in [0.05, 0.1) is 11.7 Å². The van der Waals surface area contributed by atoms with E-state index in [1.54, 1.807) is 4.90 Å². The fraction of sp³-hybridized carbons (Fsp3) is 0.562. The molecule has 3 aliphatic heterocycles. The minimum atomic E-state index is -1.44. The van der Waals surface area contributed by atoms with Crippen LogP contribution in [0.4, 0.5) is 13.2 Å². The molecule has 3 heterocycles. The number of nitrogens with one attached hydrogen (secondary N) is 1. The van der Waals surface area contributed by atoms with Crippen molar-refractivity contribution in [2.24, 2.45) is 28.2 Å². The number of likely N-dealkylation sites (tertiary alicyclic amines) is 1. The van der Waals surface area contributed by atoms with Crippen molar-refractivity contribution in [3.63, 3.8) is 0 Å². The molecule has 8 unspecified atom stereocenters. The van der Waals surface area contributed by atoms with Crippen LogP contribution in [0.2, 0.25) is 0 Å². The van der Waals surface area contributed by atoms with Gasteiger partial charge in [-0.3, -0.25) is 9.79 Å². The van der Waals surface area contributed by atoms with Crippen LogP contribution >= 0.6 is 0 Å². The first-order valence-electron chi connectivity index (χ1n) is 14.4. The van der Waals surface area contributed by atoms with Crippen LogP contribution in [0.1, 0.15) is 47.0 Å². The van der Waals surface area contributed by atoms with Gasteiger partial charge in [0.25, 0.3) is 5.91 Å². The van der Waals surface area contributed by atoms with Crippen molar-refractivity contribution in [2.75, 3.05) is 13.1 Å². The van der Waals surface area contributed by atoms with Crippen molar-refractivity contribution < 1.29 is 23.1 Å². The first-order chi connectivity index (χ1) is 18.9. The average Bonchev–Trinajstić information content (AvgIpc) is 3.17. The van der Waals surface area contributed by atoms with Gasteiger partial charge >= 0.3 is 0 Å². The lowest BCUT2D eigenvalue weighted by molar-refractivity contribution is -0.153. The Morgan fingerprint density at radius 2 is 1.93 bits per heavy atom. The Kier molecular flexibility index (Phi) is 8.13. The summed E-state index contributed by atoms with van der Waals surface area (Å²) in [5, 5.41) is 13.9. The average molecular weight is 556 g/mol. The maximum atomic E-state index is 14.9. The number of carbonyl (C=O) groups excluding carboxylic acids is 1. The van der Waals surface area contributed by atoms with Crippen molar-refractivity contribution in [2.45, 2.75) is 77.5 Å². The molecule has 0 aromatic heterocycles. The summed E-state index contributed by atoms with van der Waals surface area (Å²) in [6, 6.07) is -1.18. The topological polar surface area (TPSA) is 64.9 Å². The van der Waals surface area contributed by atoms with Crippen LogP contribution in [-0.2, 0) is 4.79 Å². The maximum absolute atomic E-state index is 14.9. The van der Waals surface area contributed by atoms with Crippen molar-refractivity contribution in [3.05, 3.63) is 71.3 Å². The summed E-state index contributed by atoms with van der Waals surface area (Å²) in [5.41, 5.74) is 2.20. The lowest BCUT2D eigenvalue weighted by Gasteiger charge is -2.48. The second kappa shape index (κ2) is 11.3. The first-order valence-corrected chi connectivity index (χ1v) is 14.4. The molecule has 1 amide bonds. The van der Waals surface area contributed by atoms with Gasteiger partial charge in [-0.25, -0.2) is 13.2 Å². The largest absolute Gasteiger partial charge is 0.382 e. The van der Waals surface area contributed by atoms with Crippen LogP contribution in [0.3, 0.4) is 0 Å². The number of rotatable bonds is 5. The fourth-order valence-electron chi connectivity index (χ4n) is 6.73. The Morgan fingerprint density at radius 3 is 2.65 bits per heavy atom. The molecule has 2 saturated heterocycles. The number of aliphatic hydroxyl groups is 1. The van der Waals surface area contributed by atoms with E-state index in [2.05, 4.69) is 24.4 Å². The number of amides is 1. The number of aliphatic hydroxyl groups excluding tert-OH is 1. The summed E-state index contributed by atoms with van der Waals surface area (Å²) in [6.07, 6.45) is 11.3. The number of halogens is 3. The number of carbonyl (C=O) groups is 1. The van der Waals surface area contributed by atoms with Crippen LogP contribution in [0, 0.1) is 23.2 Å². The minimum absolute atomic E-state index is 0.105. The maximum Gasteiger partial charge on any atom is 0.253 e. The molecule has 0 aromatic rings. The molecule has 8 heteroatoms. The van der Waals surface area contributed by atoms with Gasteiger partial charge < -0.3 is 15.3 Å². The smallest absolute Gasteiger partial charge is 0.253 e. The van der Waals surface area contributed by atoms with Crippen LogP contribution in [0.25, 0.3) is 0 Å². The molecule has 2 aliphatic carbocycles. The van der Waals surface area contributed by atoms with Crippen molar-refractivity contribution in [3.8, 4) is 0 Å². The summed E-state index contributed by atoms with van der Waals surface area (Å²) in [7, 11) is 0. The van der Waals surface area contributed by atoms with Gasteiger partial charge in [0, 0.05) is 30.8 Å². The second-order valence-corrected chi connectivity index (χ2v) is 12.8. The van der Waals surface area contributed by atoms with Gasteiger partial charge in [0.15, 0.2) is 0 Å². The molecule has 0 saturated carbocycles. The van der Waals surface area contributed by atoms with Gasteiger partial charge in [-0.15, -0.1) is 0 Å². The summed E-state index contributed by atoms with van der Waals surface area (Å²) in [6.45, 7) is 8.46. The molecule has 2 fully saturated rings. The molecular weight excluding hydrogens is 515 g/mol. The van der Waals surface area contributed by atoms with Crippen molar-refractivity contribution in [1.29, 1.82) is 0 Å². The van der Waals surface area contributed by atoms with E-state index in [1.165, 1.54) is 18.2 Å². The Labute approximate surface area is 235 Å². The van der Waals surface area contributed by atoms with Gasteiger partial charge in [-0.2, -0.15) is 0 Å². The number of nitrogens with zero attached hydrogens (tertiary/aromatic N) is 2. The predicted octanol–water partition coefficient (Wildman–Crippen LogP) is 5.48. The van der Waals surface area contributed by atoms with E-state index in [0.717, 1.165) is 18.1 Å². The zero-order valence-corrected chi connectivity index (χ0v) is 23.7. The Morgan fingerprint density at radius 1 is 1.18 bits per heavy atom. The van der Waals surface area contributed by atoms with E-state index >= 15 is 0 Å². The third kappa shape index (κ3) is 5.70. The highest BCUT2D eigenvalue weighted by Gasteiger charge is 2.52. The molecule has 40 heavy (non-hydrogen) atoms. The molecular formula is C32H40F3N3O2. The number of fused-ring (bicyclic) bond motifs is 1. The zero-order valence-electron chi connectivity index (χ0n) is 23.7. The molecule has 0 bridgehead atoms. The Balaban J connectivity index is 1.61. The molecule has 5 aliphatic rings. The van der Waals surface area contributed by atoms with Crippen LogP contribution in [0.15, 0.2) is 76.3 Å².